The van der Waals surface area contributed by atoms with Gasteiger partial charge in [0.15, 0.2) is 0 Å². The van der Waals surface area contributed by atoms with E-state index >= 15 is 0 Å². The number of benzene rings is 2. The first kappa shape index (κ1) is 21.0. The third-order valence-corrected chi connectivity index (χ3v) is 4.82. The predicted octanol–water partition coefficient (Wildman–Crippen LogP) is 3.65. The van der Waals surface area contributed by atoms with E-state index < -0.39 is 0 Å². The van der Waals surface area contributed by atoms with Crippen molar-refractivity contribution in [3.8, 4) is 5.75 Å². The molecule has 1 N–H and O–H groups in total. The summed E-state index contributed by atoms with van der Waals surface area (Å²) in [6.07, 6.45) is 0.150. The highest BCUT2D eigenvalue weighted by Gasteiger charge is 2.12. The van der Waals surface area contributed by atoms with Crippen molar-refractivity contribution in [1.29, 1.82) is 0 Å². The molecule has 0 bridgehead atoms. The number of nitrogens with zero attached hydrogens (tertiary/aromatic N) is 2. The highest BCUT2D eigenvalue weighted by atomic mass is 16.5. The molecule has 29 heavy (non-hydrogen) atoms. The number of ether oxygens (including phenoxy) is 2. The fraction of sp³-hybridized carbons (Fsp3) is 0.435. The van der Waals surface area contributed by atoms with Crippen molar-refractivity contribution in [2.45, 2.75) is 33.0 Å². The summed E-state index contributed by atoms with van der Waals surface area (Å²) in [5.41, 5.74) is 3.35. The van der Waals surface area contributed by atoms with Crippen LogP contribution in [0.15, 0.2) is 48.5 Å². The second-order valence-corrected chi connectivity index (χ2v) is 7.59. The Morgan fingerprint density at radius 2 is 1.69 bits per heavy atom. The van der Waals surface area contributed by atoms with Crippen LogP contribution in [0.25, 0.3) is 0 Å². The second kappa shape index (κ2) is 10.2. The number of amides is 2. The maximum Gasteiger partial charge on any atom is 0.317 e. The summed E-state index contributed by atoms with van der Waals surface area (Å²) >= 11 is 0. The van der Waals surface area contributed by atoms with Crippen LogP contribution in [0.4, 0.5) is 10.5 Å². The number of morpholine rings is 1. The van der Waals surface area contributed by atoms with E-state index in [9.17, 15) is 4.79 Å². The van der Waals surface area contributed by atoms with E-state index in [2.05, 4.69) is 34.5 Å². The molecule has 1 fully saturated rings. The lowest BCUT2D eigenvalue weighted by molar-refractivity contribution is 0.122. The van der Waals surface area contributed by atoms with Crippen LogP contribution in [0.5, 0.6) is 5.75 Å². The van der Waals surface area contributed by atoms with Crippen LogP contribution in [0.1, 0.15) is 25.0 Å². The van der Waals surface area contributed by atoms with Crippen LogP contribution in [0.3, 0.4) is 0 Å². The molecule has 0 unspecified atom stereocenters. The molecule has 6 nitrogen and oxygen atoms in total. The molecule has 0 spiro atoms. The van der Waals surface area contributed by atoms with E-state index in [1.165, 1.54) is 5.69 Å². The lowest BCUT2D eigenvalue weighted by Gasteiger charge is -2.29. The minimum atomic E-state index is -0.0928. The Morgan fingerprint density at radius 3 is 2.31 bits per heavy atom. The first-order valence-electron chi connectivity index (χ1n) is 10.2. The Bertz CT molecular complexity index is 769. The third kappa shape index (κ3) is 6.39. The van der Waals surface area contributed by atoms with Gasteiger partial charge in [-0.3, -0.25) is 0 Å². The zero-order chi connectivity index (χ0) is 20.6. The number of carbonyl (C=O) groups excluding carboxylic acids is 1. The number of urea groups is 1. The van der Waals surface area contributed by atoms with Gasteiger partial charge in [-0.15, -0.1) is 0 Å². The van der Waals surface area contributed by atoms with Crippen molar-refractivity contribution >= 4 is 11.7 Å². The van der Waals surface area contributed by atoms with Gasteiger partial charge in [-0.2, -0.15) is 0 Å². The number of hydrogen-bond donors (Lipinski definition) is 1. The molecule has 0 aliphatic carbocycles. The van der Waals surface area contributed by atoms with Gasteiger partial charge >= 0.3 is 6.03 Å². The van der Waals surface area contributed by atoms with Crippen LogP contribution in [0, 0.1) is 0 Å². The van der Waals surface area contributed by atoms with E-state index in [0.29, 0.717) is 13.1 Å². The average molecular weight is 398 g/mol. The van der Waals surface area contributed by atoms with Crippen molar-refractivity contribution < 1.29 is 14.3 Å². The quantitative estimate of drug-likeness (QED) is 0.775. The zero-order valence-corrected chi connectivity index (χ0v) is 17.6. The molecule has 0 saturated carbocycles. The van der Waals surface area contributed by atoms with Crippen molar-refractivity contribution in [1.82, 2.24) is 10.2 Å². The molecule has 156 valence electrons. The smallest absolute Gasteiger partial charge is 0.317 e. The summed E-state index contributed by atoms with van der Waals surface area (Å²) in [6.45, 7) is 8.45. The monoisotopic (exact) mass is 397 g/mol. The SMILES string of the molecule is CC(C)Oc1ccc(CNC(=O)N(C)Cc2ccc(N3CCOCC3)cc2)cc1. The van der Waals surface area contributed by atoms with Crippen molar-refractivity contribution in [3.05, 3.63) is 59.7 Å². The minimum Gasteiger partial charge on any atom is -0.491 e. The second-order valence-electron chi connectivity index (χ2n) is 7.59. The summed E-state index contributed by atoms with van der Waals surface area (Å²) in [5, 5.41) is 2.97. The van der Waals surface area contributed by atoms with E-state index in [1.807, 2.05) is 45.2 Å². The number of rotatable bonds is 7. The summed E-state index contributed by atoms with van der Waals surface area (Å²) in [7, 11) is 1.81. The number of anilines is 1. The first-order chi connectivity index (χ1) is 14.0. The van der Waals surface area contributed by atoms with Gasteiger partial charge in [0, 0.05) is 38.9 Å². The molecular formula is C23H31N3O3. The normalized spacial score (nSPS) is 14.0. The molecule has 1 heterocycles. The molecule has 0 aromatic heterocycles. The van der Waals surface area contributed by atoms with Gasteiger partial charge in [-0.25, -0.2) is 4.79 Å². The van der Waals surface area contributed by atoms with Crippen molar-refractivity contribution in [2.24, 2.45) is 0 Å². The highest BCUT2D eigenvalue weighted by Crippen LogP contribution is 2.17. The maximum atomic E-state index is 12.4. The van der Waals surface area contributed by atoms with E-state index in [4.69, 9.17) is 9.47 Å². The van der Waals surface area contributed by atoms with E-state index in [-0.39, 0.29) is 12.1 Å². The van der Waals surface area contributed by atoms with Gasteiger partial charge in [-0.1, -0.05) is 24.3 Å². The summed E-state index contributed by atoms with van der Waals surface area (Å²) in [6, 6.07) is 16.1. The highest BCUT2D eigenvalue weighted by molar-refractivity contribution is 5.73. The Morgan fingerprint density at radius 1 is 1.07 bits per heavy atom. The Hall–Kier alpha value is -2.73. The van der Waals surface area contributed by atoms with Crippen LogP contribution in [0.2, 0.25) is 0 Å². The van der Waals surface area contributed by atoms with Gasteiger partial charge in [0.25, 0.3) is 0 Å². The Balaban J connectivity index is 1.46. The molecule has 2 amide bonds. The first-order valence-corrected chi connectivity index (χ1v) is 10.2. The fourth-order valence-electron chi connectivity index (χ4n) is 3.25. The van der Waals surface area contributed by atoms with Gasteiger partial charge in [-0.05, 0) is 49.2 Å². The van der Waals surface area contributed by atoms with Crippen molar-refractivity contribution in [3.63, 3.8) is 0 Å². The number of hydrogen-bond acceptors (Lipinski definition) is 4. The van der Waals surface area contributed by atoms with Crippen LogP contribution < -0.4 is 15.0 Å². The zero-order valence-electron chi connectivity index (χ0n) is 17.6. The molecule has 1 aliphatic heterocycles. The average Bonchev–Trinajstić information content (AvgIpc) is 2.74. The van der Waals surface area contributed by atoms with E-state index in [1.54, 1.807) is 4.90 Å². The summed E-state index contributed by atoms with van der Waals surface area (Å²) in [4.78, 5) is 16.4. The molecule has 1 aliphatic rings. The number of nitrogens with one attached hydrogen (secondary N) is 1. The maximum absolute atomic E-state index is 12.4. The summed E-state index contributed by atoms with van der Waals surface area (Å²) < 4.78 is 11.0. The third-order valence-electron chi connectivity index (χ3n) is 4.82. The van der Waals surface area contributed by atoms with Crippen LogP contribution in [-0.2, 0) is 17.8 Å². The standard InChI is InChI=1S/C23H31N3O3/c1-18(2)29-22-10-6-19(7-11-22)16-24-23(27)25(3)17-20-4-8-21(9-5-20)26-12-14-28-15-13-26/h4-11,18H,12-17H2,1-3H3,(H,24,27). The minimum absolute atomic E-state index is 0.0928. The Kier molecular flexibility index (Phi) is 7.36. The molecule has 0 atom stereocenters. The number of carbonyl (C=O) groups is 1. The molecular weight excluding hydrogens is 366 g/mol. The molecule has 2 aromatic rings. The predicted molar refractivity (Wildman–Crippen MR) is 115 cm³/mol. The molecule has 1 saturated heterocycles. The molecule has 3 rings (SSSR count). The van der Waals surface area contributed by atoms with Crippen molar-refractivity contribution in [2.75, 3.05) is 38.3 Å². The molecule has 2 aromatic carbocycles. The molecule has 6 heteroatoms. The largest absolute Gasteiger partial charge is 0.491 e. The Labute approximate surface area is 173 Å². The van der Waals surface area contributed by atoms with Gasteiger partial charge in [0.1, 0.15) is 5.75 Å². The lowest BCUT2D eigenvalue weighted by Crippen LogP contribution is -2.36. The lowest BCUT2D eigenvalue weighted by atomic mass is 10.2. The van der Waals surface area contributed by atoms with Gasteiger partial charge in [0.05, 0.1) is 19.3 Å². The van der Waals surface area contributed by atoms with Gasteiger partial charge < -0.3 is 24.6 Å². The van der Waals surface area contributed by atoms with E-state index in [0.717, 1.165) is 43.2 Å². The van der Waals surface area contributed by atoms with Crippen LogP contribution >= 0.6 is 0 Å². The van der Waals surface area contributed by atoms with Gasteiger partial charge in [0.2, 0.25) is 0 Å². The topological polar surface area (TPSA) is 54.0 Å². The summed E-state index contributed by atoms with van der Waals surface area (Å²) in [5.74, 6) is 0.840. The molecule has 0 radical (unpaired) electrons. The van der Waals surface area contributed by atoms with Crippen LogP contribution in [-0.4, -0.2) is 50.4 Å². The fourth-order valence-corrected chi connectivity index (χ4v) is 3.25.